The van der Waals surface area contributed by atoms with Crippen molar-refractivity contribution in [2.75, 3.05) is 0 Å². The van der Waals surface area contributed by atoms with Crippen LogP contribution in [-0.2, 0) is 12.8 Å². The van der Waals surface area contributed by atoms with Crippen LogP contribution < -0.4 is 4.74 Å². The van der Waals surface area contributed by atoms with Crippen molar-refractivity contribution in [3.63, 3.8) is 0 Å². The number of rotatable bonds is 4. The average Bonchev–Trinajstić information content (AvgIpc) is 2.96. The zero-order valence-electron chi connectivity index (χ0n) is 13.1. The number of nitriles is 1. The maximum Gasteiger partial charge on any atom is 0.387 e. The van der Waals surface area contributed by atoms with Crippen LogP contribution in [0.5, 0.6) is 5.75 Å². The second-order valence-corrected chi connectivity index (χ2v) is 6.91. The molecule has 6 heteroatoms. The topological polar surface area (TPSA) is 45.9 Å². The van der Waals surface area contributed by atoms with E-state index in [1.54, 1.807) is 24.3 Å². The average molecular weight is 346 g/mol. The molecule has 0 spiro atoms. The summed E-state index contributed by atoms with van der Waals surface area (Å²) < 4.78 is 29.5. The number of hydrogen-bond acceptors (Lipinski definition) is 4. The molecule has 0 amide bonds. The van der Waals surface area contributed by atoms with Crippen molar-refractivity contribution in [1.29, 1.82) is 5.26 Å². The van der Waals surface area contributed by atoms with Crippen molar-refractivity contribution in [2.24, 2.45) is 5.92 Å². The van der Waals surface area contributed by atoms with E-state index in [-0.39, 0.29) is 5.75 Å². The molecule has 1 aromatic heterocycles. The highest BCUT2D eigenvalue weighted by Gasteiger charge is 2.21. The number of nitrogens with zero attached hydrogens (tertiary/aromatic N) is 2. The van der Waals surface area contributed by atoms with Gasteiger partial charge in [0.2, 0.25) is 0 Å². The standard InChI is InChI=1S/C18H16F2N2OS/c1-11-6-7-14-16(8-11)24-17(22-14)13(10-21)9-12-4-2-3-5-15(12)23-18(19)20/h2-5,9,11,18H,6-8H2,1H3/b13-9+/t11-/m1/s1. The lowest BCUT2D eigenvalue weighted by molar-refractivity contribution is -0.0499. The Morgan fingerprint density at radius 1 is 1.46 bits per heavy atom. The number of allylic oxidation sites excluding steroid dienone is 1. The zero-order valence-corrected chi connectivity index (χ0v) is 13.9. The summed E-state index contributed by atoms with van der Waals surface area (Å²) in [7, 11) is 0. The van der Waals surface area contributed by atoms with Crippen LogP contribution in [0.3, 0.4) is 0 Å². The molecule has 1 aliphatic carbocycles. The molecule has 24 heavy (non-hydrogen) atoms. The zero-order chi connectivity index (χ0) is 17.1. The number of benzene rings is 1. The van der Waals surface area contributed by atoms with Gasteiger partial charge in [0.1, 0.15) is 16.8 Å². The highest BCUT2D eigenvalue weighted by Crippen LogP contribution is 2.34. The molecule has 2 aromatic rings. The largest absolute Gasteiger partial charge is 0.434 e. The van der Waals surface area contributed by atoms with E-state index in [1.807, 2.05) is 0 Å². The van der Waals surface area contributed by atoms with Crippen molar-refractivity contribution < 1.29 is 13.5 Å². The van der Waals surface area contributed by atoms with Gasteiger partial charge in [-0.3, -0.25) is 0 Å². The number of aromatic nitrogens is 1. The SMILES string of the molecule is C[C@@H]1CCc2nc(/C(C#N)=C/c3ccccc3OC(F)F)sc2C1. The van der Waals surface area contributed by atoms with Gasteiger partial charge in [0, 0.05) is 10.4 Å². The first kappa shape index (κ1) is 16.6. The van der Waals surface area contributed by atoms with Crippen LogP contribution in [0.25, 0.3) is 11.6 Å². The normalized spacial score (nSPS) is 17.5. The highest BCUT2D eigenvalue weighted by atomic mass is 32.1. The Hall–Kier alpha value is -2.26. The molecular formula is C18H16F2N2OS. The lowest BCUT2D eigenvalue weighted by atomic mass is 9.93. The van der Waals surface area contributed by atoms with Gasteiger partial charge in [0.25, 0.3) is 0 Å². The number of ether oxygens (including phenoxy) is 1. The third kappa shape index (κ3) is 3.62. The molecule has 0 fully saturated rings. The molecule has 0 saturated heterocycles. The number of hydrogen-bond donors (Lipinski definition) is 0. The van der Waals surface area contributed by atoms with Crippen molar-refractivity contribution in [1.82, 2.24) is 4.98 Å². The summed E-state index contributed by atoms with van der Waals surface area (Å²) in [6, 6.07) is 8.57. The van der Waals surface area contributed by atoms with Gasteiger partial charge in [-0.25, -0.2) is 4.98 Å². The smallest absolute Gasteiger partial charge is 0.387 e. The fraction of sp³-hybridized carbons (Fsp3) is 0.333. The summed E-state index contributed by atoms with van der Waals surface area (Å²) in [5, 5.41) is 10.1. The van der Waals surface area contributed by atoms with E-state index in [9.17, 15) is 14.0 Å². The first-order valence-electron chi connectivity index (χ1n) is 7.71. The van der Waals surface area contributed by atoms with E-state index >= 15 is 0 Å². The van der Waals surface area contributed by atoms with Gasteiger partial charge in [-0.15, -0.1) is 11.3 Å². The van der Waals surface area contributed by atoms with E-state index in [0.717, 1.165) is 25.0 Å². The number of thiazole rings is 1. The molecule has 0 aliphatic heterocycles. The molecule has 3 rings (SSSR count). The van der Waals surface area contributed by atoms with Gasteiger partial charge >= 0.3 is 6.61 Å². The third-order valence-electron chi connectivity index (χ3n) is 3.97. The molecule has 1 atom stereocenters. The van der Waals surface area contributed by atoms with Crippen LogP contribution in [-0.4, -0.2) is 11.6 Å². The lowest BCUT2D eigenvalue weighted by Crippen LogP contribution is -2.09. The summed E-state index contributed by atoms with van der Waals surface area (Å²) in [5.74, 6) is 0.677. The summed E-state index contributed by atoms with van der Waals surface area (Å²) in [5.41, 5.74) is 1.87. The van der Waals surface area contributed by atoms with Crippen molar-refractivity contribution in [2.45, 2.75) is 32.8 Å². The summed E-state index contributed by atoms with van der Waals surface area (Å²) in [4.78, 5) is 5.81. The Balaban J connectivity index is 1.95. The van der Waals surface area contributed by atoms with Gasteiger partial charge in [-0.2, -0.15) is 14.0 Å². The number of alkyl halides is 2. The Kier molecular flexibility index (Phi) is 4.91. The Morgan fingerprint density at radius 2 is 2.25 bits per heavy atom. The molecule has 1 aromatic carbocycles. The summed E-state index contributed by atoms with van der Waals surface area (Å²) in [6.45, 7) is -0.694. The van der Waals surface area contributed by atoms with Crippen molar-refractivity contribution in [3.05, 3.63) is 45.4 Å². The van der Waals surface area contributed by atoms with Crippen LogP contribution in [0.4, 0.5) is 8.78 Å². The number of halogens is 2. The van der Waals surface area contributed by atoms with Gasteiger partial charge < -0.3 is 4.74 Å². The Bertz CT molecular complexity index is 808. The molecule has 0 bridgehead atoms. The minimum absolute atomic E-state index is 0.0511. The Morgan fingerprint density at radius 3 is 3.00 bits per heavy atom. The fourth-order valence-electron chi connectivity index (χ4n) is 2.76. The van der Waals surface area contributed by atoms with Gasteiger partial charge in [-0.1, -0.05) is 25.1 Å². The number of fused-ring (bicyclic) bond motifs is 1. The molecule has 0 radical (unpaired) electrons. The quantitative estimate of drug-likeness (QED) is 0.737. The molecule has 1 heterocycles. The first-order chi connectivity index (χ1) is 11.6. The predicted molar refractivity (Wildman–Crippen MR) is 89.9 cm³/mol. The number of aryl methyl sites for hydroxylation is 1. The second kappa shape index (κ2) is 7.10. The molecule has 1 aliphatic rings. The van der Waals surface area contributed by atoms with Crippen LogP contribution in [0, 0.1) is 17.2 Å². The maximum absolute atomic E-state index is 12.5. The van der Waals surface area contributed by atoms with Crippen molar-refractivity contribution in [3.8, 4) is 11.8 Å². The molecular weight excluding hydrogens is 330 g/mol. The second-order valence-electron chi connectivity index (χ2n) is 5.82. The van der Waals surface area contributed by atoms with Crippen LogP contribution in [0.1, 0.15) is 34.5 Å². The monoisotopic (exact) mass is 346 g/mol. The van der Waals surface area contributed by atoms with E-state index in [4.69, 9.17) is 0 Å². The fourth-order valence-corrected chi connectivity index (χ4v) is 3.99. The molecule has 3 nitrogen and oxygen atoms in total. The molecule has 0 N–H and O–H groups in total. The van der Waals surface area contributed by atoms with Gasteiger partial charge in [-0.05, 0) is 37.3 Å². The lowest BCUT2D eigenvalue weighted by Gasteiger charge is -2.15. The number of para-hydroxylation sites is 1. The minimum atomic E-state index is -2.90. The van der Waals surface area contributed by atoms with Gasteiger partial charge in [0.05, 0.1) is 11.3 Å². The maximum atomic E-state index is 12.5. The van der Waals surface area contributed by atoms with E-state index < -0.39 is 6.61 Å². The van der Waals surface area contributed by atoms with E-state index in [2.05, 4.69) is 22.7 Å². The summed E-state index contributed by atoms with van der Waals surface area (Å²) >= 11 is 1.52. The molecule has 0 unspecified atom stereocenters. The van der Waals surface area contributed by atoms with Crippen LogP contribution in [0.2, 0.25) is 0 Å². The van der Waals surface area contributed by atoms with E-state index in [0.29, 0.717) is 22.1 Å². The first-order valence-corrected chi connectivity index (χ1v) is 8.53. The highest BCUT2D eigenvalue weighted by molar-refractivity contribution is 7.13. The molecule has 0 saturated carbocycles. The van der Waals surface area contributed by atoms with Crippen LogP contribution >= 0.6 is 11.3 Å². The molecule has 124 valence electrons. The predicted octanol–water partition coefficient (Wildman–Crippen LogP) is 4.93. The van der Waals surface area contributed by atoms with Crippen LogP contribution in [0.15, 0.2) is 24.3 Å². The minimum Gasteiger partial charge on any atom is -0.434 e. The van der Waals surface area contributed by atoms with E-state index in [1.165, 1.54) is 22.3 Å². The Labute approximate surface area is 143 Å². The van der Waals surface area contributed by atoms with Crippen molar-refractivity contribution >= 4 is 23.0 Å². The van der Waals surface area contributed by atoms with Gasteiger partial charge in [0.15, 0.2) is 0 Å². The summed E-state index contributed by atoms with van der Waals surface area (Å²) in [6.07, 6.45) is 4.58. The third-order valence-corrected chi connectivity index (χ3v) is 5.13.